The van der Waals surface area contributed by atoms with Crippen molar-refractivity contribution in [2.24, 2.45) is 11.8 Å². The smallest absolute Gasteiger partial charge is 0.225 e. The second-order valence-corrected chi connectivity index (χ2v) is 3.39. The predicted molar refractivity (Wildman–Crippen MR) is 40.6 cm³/mol. The van der Waals surface area contributed by atoms with Crippen molar-refractivity contribution < 1.29 is 4.79 Å². The summed E-state index contributed by atoms with van der Waals surface area (Å²) in [6, 6.07) is 0. The van der Waals surface area contributed by atoms with Gasteiger partial charge in [0.2, 0.25) is 5.91 Å². The summed E-state index contributed by atoms with van der Waals surface area (Å²) in [4.78, 5) is 13.0. The Morgan fingerprint density at radius 1 is 1.40 bits per heavy atom. The third-order valence-corrected chi connectivity index (χ3v) is 2.38. The fraction of sp³-hybridized carbons (Fsp3) is 0.875. The van der Waals surface area contributed by atoms with Crippen LogP contribution in [0.25, 0.3) is 0 Å². The van der Waals surface area contributed by atoms with Crippen LogP contribution in [-0.2, 0) is 4.79 Å². The Labute approximate surface area is 62.2 Å². The molecule has 1 rings (SSSR count). The van der Waals surface area contributed by atoms with E-state index in [-0.39, 0.29) is 0 Å². The van der Waals surface area contributed by atoms with Gasteiger partial charge >= 0.3 is 0 Å². The first-order valence-electron chi connectivity index (χ1n) is 3.84. The van der Waals surface area contributed by atoms with Gasteiger partial charge in [-0.3, -0.25) is 4.79 Å². The SMILES string of the molecule is C[C@@H]1CC[C@@H]1C(=O)N(C)C. The van der Waals surface area contributed by atoms with Crippen LogP contribution in [0.3, 0.4) is 0 Å². The monoisotopic (exact) mass is 141 g/mol. The summed E-state index contributed by atoms with van der Waals surface area (Å²) >= 11 is 0. The maximum Gasteiger partial charge on any atom is 0.225 e. The van der Waals surface area contributed by atoms with Gasteiger partial charge in [0.15, 0.2) is 0 Å². The highest BCUT2D eigenvalue weighted by Crippen LogP contribution is 2.34. The Hall–Kier alpha value is -0.530. The van der Waals surface area contributed by atoms with Gasteiger partial charge in [0.25, 0.3) is 0 Å². The van der Waals surface area contributed by atoms with E-state index in [0.717, 1.165) is 6.42 Å². The van der Waals surface area contributed by atoms with Crippen LogP contribution in [0.2, 0.25) is 0 Å². The average molecular weight is 141 g/mol. The van der Waals surface area contributed by atoms with Crippen molar-refractivity contribution in [3.05, 3.63) is 0 Å². The molecule has 10 heavy (non-hydrogen) atoms. The van der Waals surface area contributed by atoms with Crippen molar-refractivity contribution in [3.8, 4) is 0 Å². The average Bonchev–Trinajstić information content (AvgIpc) is 1.84. The van der Waals surface area contributed by atoms with Crippen LogP contribution < -0.4 is 0 Å². The molecule has 2 heteroatoms. The zero-order valence-electron chi connectivity index (χ0n) is 6.92. The lowest BCUT2D eigenvalue weighted by Crippen LogP contribution is -2.38. The van der Waals surface area contributed by atoms with Gasteiger partial charge in [-0.25, -0.2) is 0 Å². The molecule has 1 aliphatic carbocycles. The van der Waals surface area contributed by atoms with Crippen molar-refractivity contribution >= 4 is 5.91 Å². The molecule has 58 valence electrons. The molecule has 0 unspecified atom stereocenters. The Bertz CT molecular complexity index is 142. The highest BCUT2D eigenvalue weighted by atomic mass is 16.2. The lowest BCUT2D eigenvalue weighted by molar-refractivity contribution is -0.138. The molecule has 1 fully saturated rings. The number of carbonyl (C=O) groups excluding carboxylic acids is 1. The summed E-state index contributed by atoms with van der Waals surface area (Å²) < 4.78 is 0. The largest absolute Gasteiger partial charge is 0.349 e. The van der Waals surface area contributed by atoms with Crippen LogP contribution in [0, 0.1) is 11.8 Å². The number of hydrogen-bond acceptors (Lipinski definition) is 1. The Morgan fingerprint density at radius 2 is 2.00 bits per heavy atom. The Morgan fingerprint density at radius 3 is 2.10 bits per heavy atom. The second kappa shape index (κ2) is 2.60. The van der Waals surface area contributed by atoms with Crippen molar-refractivity contribution in [2.45, 2.75) is 19.8 Å². The minimum atomic E-state index is 0.304. The summed E-state index contributed by atoms with van der Waals surface area (Å²) in [6.07, 6.45) is 2.32. The molecular formula is C8H15NO. The first-order chi connectivity index (χ1) is 4.63. The fourth-order valence-electron chi connectivity index (χ4n) is 1.37. The Balaban J connectivity index is 2.42. The van der Waals surface area contributed by atoms with E-state index in [1.165, 1.54) is 6.42 Å². The number of amides is 1. The second-order valence-electron chi connectivity index (χ2n) is 3.39. The van der Waals surface area contributed by atoms with E-state index in [2.05, 4.69) is 6.92 Å². The first-order valence-corrected chi connectivity index (χ1v) is 3.84. The first kappa shape index (κ1) is 7.58. The molecule has 0 N–H and O–H groups in total. The molecular weight excluding hydrogens is 126 g/mol. The number of rotatable bonds is 1. The van der Waals surface area contributed by atoms with Gasteiger partial charge in [0.05, 0.1) is 0 Å². The standard InChI is InChI=1S/C8H15NO/c1-6-4-5-7(6)8(10)9(2)3/h6-7H,4-5H2,1-3H3/t6-,7+/m1/s1. The summed E-state index contributed by atoms with van der Waals surface area (Å²) in [7, 11) is 3.65. The quantitative estimate of drug-likeness (QED) is 0.536. The van der Waals surface area contributed by atoms with Crippen molar-refractivity contribution in [1.82, 2.24) is 4.90 Å². The fourth-order valence-corrected chi connectivity index (χ4v) is 1.37. The van der Waals surface area contributed by atoms with E-state index in [4.69, 9.17) is 0 Å². The molecule has 0 radical (unpaired) electrons. The van der Waals surface area contributed by atoms with Gasteiger partial charge in [-0.05, 0) is 18.8 Å². The molecule has 1 aliphatic rings. The summed E-state index contributed by atoms with van der Waals surface area (Å²) in [5, 5.41) is 0. The molecule has 1 saturated carbocycles. The molecule has 0 spiro atoms. The van der Waals surface area contributed by atoms with Gasteiger partial charge in [0.1, 0.15) is 0 Å². The highest BCUT2D eigenvalue weighted by Gasteiger charge is 2.33. The lowest BCUT2D eigenvalue weighted by Gasteiger charge is -2.34. The van der Waals surface area contributed by atoms with E-state index in [0.29, 0.717) is 17.7 Å². The highest BCUT2D eigenvalue weighted by molar-refractivity contribution is 5.79. The topological polar surface area (TPSA) is 20.3 Å². The molecule has 0 aromatic carbocycles. The molecule has 0 aliphatic heterocycles. The normalized spacial score (nSPS) is 31.1. The van der Waals surface area contributed by atoms with Gasteiger partial charge in [-0.1, -0.05) is 6.92 Å². The number of nitrogens with zero attached hydrogens (tertiary/aromatic N) is 1. The predicted octanol–water partition coefficient (Wildman–Crippen LogP) is 1.12. The number of carbonyl (C=O) groups is 1. The van der Waals surface area contributed by atoms with Crippen molar-refractivity contribution in [3.63, 3.8) is 0 Å². The zero-order valence-corrected chi connectivity index (χ0v) is 6.92. The van der Waals surface area contributed by atoms with E-state index < -0.39 is 0 Å². The van der Waals surface area contributed by atoms with E-state index in [1.54, 1.807) is 4.90 Å². The van der Waals surface area contributed by atoms with Gasteiger partial charge < -0.3 is 4.90 Å². The minimum Gasteiger partial charge on any atom is -0.349 e. The molecule has 0 bridgehead atoms. The van der Waals surface area contributed by atoms with E-state index >= 15 is 0 Å². The van der Waals surface area contributed by atoms with E-state index in [9.17, 15) is 4.79 Å². The Kier molecular flexibility index (Phi) is 1.97. The summed E-state index contributed by atoms with van der Waals surface area (Å²) in [6.45, 7) is 2.15. The van der Waals surface area contributed by atoms with Crippen LogP contribution >= 0.6 is 0 Å². The third-order valence-electron chi connectivity index (χ3n) is 2.38. The molecule has 0 aromatic heterocycles. The van der Waals surface area contributed by atoms with Crippen LogP contribution in [-0.4, -0.2) is 24.9 Å². The summed E-state index contributed by atoms with van der Waals surface area (Å²) in [5.74, 6) is 1.25. The van der Waals surface area contributed by atoms with Gasteiger partial charge in [-0.2, -0.15) is 0 Å². The number of hydrogen-bond donors (Lipinski definition) is 0. The van der Waals surface area contributed by atoms with E-state index in [1.807, 2.05) is 14.1 Å². The summed E-state index contributed by atoms with van der Waals surface area (Å²) in [5.41, 5.74) is 0. The zero-order chi connectivity index (χ0) is 7.72. The maximum atomic E-state index is 11.3. The van der Waals surface area contributed by atoms with Crippen molar-refractivity contribution in [1.29, 1.82) is 0 Å². The molecule has 0 saturated heterocycles. The maximum absolute atomic E-state index is 11.3. The third kappa shape index (κ3) is 1.15. The molecule has 0 aromatic rings. The molecule has 2 nitrogen and oxygen atoms in total. The minimum absolute atomic E-state index is 0.304. The van der Waals surface area contributed by atoms with Gasteiger partial charge in [-0.15, -0.1) is 0 Å². The lowest BCUT2D eigenvalue weighted by atomic mass is 9.74. The van der Waals surface area contributed by atoms with Gasteiger partial charge in [0, 0.05) is 20.0 Å². The van der Waals surface area contributed by atoms with Crippen LogP contribution in [0.5, 0.6) is 0 Å². The van der Waals surface area contributed by atoms with Crippen molar-refractivity contribution in [2.75, 3.05) is 14.1 Å². The molecule has 2 atom stereocenters. The molecule has 1 amide bonds. The van der Waals surface area contributed by atoms with Crippen LogP contribution in [0.1, 0.15) is 19.8 Å². The van der Waals surface area contributed by atoms with Crippen LogP contribution in [0.4, 0.5) is 0 Å². The van der Waals surface area contributed by atoms with Crippen LogP contribution in [0.15, 0.2) is 0 Å². The molecule has 0 heterocycles.